The molecule has 0 aromatic carbocycles. The Bertz CT molecular complexity index is 743. The van der Waals surface area contributed by atoms with Crippen LogP contribution in [0.25, 0.3) is 0 Å². The van der Waals surface area contributed by atoms with Crippen LogP contribution in [0.1, 0.15) is 43.2 Å². The van der Waals surface area contributed by atoms with Crippen LogP contribution in [-0.4, -0.2) is 34.9 Å². The molecule has 134 valence electrons. The van der Waals surface area contributed by atoms with E-state index >= 15 is 0 Å². The van der Waals surface area contributed by atoms with E-state index in [1.807, 2.05) is 0 Å². The molecule has 0 bridgehead atoms. The molecule has 1 saturated heterocycles. The van der Waals surface area contributed by atoms with Gasteiger partial charge in [0.2, 0.25) is 11.8 Å². The molecule has 0 saturated carbocycles. The zero-order valence-electron chi connectivity index (χ0n) is 14.8. The summed E-state index contributed by atoms with van der Waals surface area (Å²) in [4.78, 5) is 26.7. The quantitative estimate of drug-likeness (QED) is 0.878. The van der Waals surface area contributed by atoms with E-state index in [9.17, 15) is 14.9 Å². The second-order valence-electron chi connectivity index (χ2n) is 7.74. The van der Waals surface area contributed by atoms with Gasteiger partial charge in [-0.1, -0.05) is 20.8 Å². The summed E-state index contributed by atoms with van der Waals surface area (Å²) in [6.07, 6.45) is 2.94. The Balaban J connectivity index is 1.75. The number of thioether (sulfide) groups is 1. The minimum Gasteiger partial charge on any atom is -0.323 e. The Morgan fingerprint density at radius 3 is 2.80 bits per heavy atom. The third-order valence-electron chi connectivity index (χ3n) is 5.01. The summed E-state index contributed by atoms with van der Waals surface area (Å²) >= 11 is 3.05. The summed E-state index contributed by atoms with van der Waals surface area (Å²) in [7, 11) is 0. The van der Waals surface area contributed by atoms with Gasteiger partial charge in [-0.15, -0.1) is 23.1 Å². The predicted molar refractivity (Wildman–Crippen MR) is 102 cm³/mol. The molecule has 1 aliphatic carbocycles. The molecule has 1 aliphatic heterocycles. The van der Waals surface area contributed by atoms with Crippen LogP contribution < -0.4 is 5.32 Å². The number of nitrogens with one attached hydrogen (secondary N) is 1. The van der Waals surface area contributed by atoms with Crippen LogP contribution in [0.15, 0.2) is 0 Å². The number of nitriles is 1. The van der Waals surface area contributed by atoms with Crippen LogP contribution in [0.5, 0.6) is 0 Å². The number of fused-ring (bicyclic) bond motifs is 1. The monoisotopic (exact) mass is 377 g/mol. The van der Waals surface area contributed by atoms with E-state index in [2.05, 4.69) is 32.2 Å². The summed E-state index contributed by atoms with van der Waals surface area (Å²) < 4.78 is 0. The summed E-state index contributed by atoms with van der Waals surface area (Å²) in [5.41, 5.74) is 1.96. The molecular formula is C18H23N3O2S2. The SMILES string of the molecule is CC(C)(C)[C@H]1CCc2c(sc(NC(=O)CN3CSCC3=O)c2C#N)C1. The summed E-state index contributed by atoms with van der Waals surface area (Å²) in [5.74, 6) is 1.37. The Morgan fingerprint density at radius 1 is 1.44 bits per heavy atom. The van der Waals surface area contributed by atoms with Gasteiger partial charge in [-0.25, -0.2) is 0 Å². The first kappa shape index (κ1) is 18.3. The van der Waals surface area contributed by atoms with Crippen molar-refractivity contribution in [3.63, 3.8) is 0 Å². The molecule has 1 aromatic heterocycles. The second-order valence-corrected chi connectivity index (χ2v) is 9.80. The molecule has 5 nitrogen and oxygen atoms in total. The highest BCUT2D eigenvalue weighted by molar-refractivity contribution is 8.00. The molecule has 0 radical (unpaired) electrons. The first-order valence-electron chi connectivity index (χ1n) is 8.49. The number of thiophene rings is 1. The minimum atomic E-state index is -0.224. The van der Waals surface area contributed by atoms with E-state index < -0.39 is 0 Å². The van der Waals surface area contributed by atoms with E-state index in [0.29, 0.717) is 28.1 Å². The number of carbonyl (C=O) groups excluding carboxylic acids is 2. The fourth-order valence-corrected chi connectivity index (χ4v) is 5.61. The third kappa shape index (κ3) is 3.85. The van der Waals surface area contributed by atoms with Crippen molar-refractivity contribution in [2.24, 2.45) is 11.3 Å². The summed E-state index contributed by atoms with van der Waals surface area (Å²) in [6.45, 7) is 6.84. The molecule has 2 amide bonds. The lowest BCUT2D eigenvalue weighted by Crippen LogP contribution is -2.34. The number of nitrogens with zero attached hydrogens (tertiary/aromatic N) is 2. The van der Waals surface area contributed by atoms with Crippen LogP contribution in [-0.2, 0) is 22.4 Å². The average molecular weight is 378 g/mol. The molecule has 1 atom stereocenters. The zero-order valence-corrected chi connectivity index (χ0v) is 16.5. The van der Waals surface area contributed by atoms with Crippen molar-refractivity contribution in [2.75, 3.05) is 23.5 Å². The fourth-order valence-electron chi connectivity index (χ4n) is 3.41. The van der Waals surface area contributed by atoms with Crippen molar-refractivity contribution in [3.05, 3.63) is 16.0 Å². The van der Waals surface area contributed by atoms with Gasteiger partial charge in [-0.05, 0) is 36.2 Å². The lowest BCUT2D eigenvalue weighted by atomic mass is 9.72. The van der Waals surface area contributed by atoms with Crippen LogP contribution in [0.4, 0.5) is 5.00 Å². The van der Waals surface area contributed by atoms with Gasteiger partial charge >= 0.3 is 0 Å². The number of anilines is 1. The van der Waals surface area contributed by atoms with Crippen molar-refractivity contribution in [3.8, 4) is 6.07 Å². The normalized spacial score (nSPS) is 20.3. The first-order valence-corrected chi connectivity index (χ1v) is 10.5. The van der Waals surface area contributed by atoms with E-state index in [-0.39, 0.29) is 23.8 Å². The molecule has 3 rings (SSSR count). The van der Waals surface area contributed by atoms with Gasteiger partial charge in [-0.3, -0.25) is 9.59 Å². The van der Waals surface area contributed by atoms with Crippen molar-refractivity contribution in [1.82, 2.24) is 4.90 Å². The molecular weight excluding hydrogens is 354 g/mol. The molecule has 0 spiro atoms. The molecule has 1 fully saturated rings. The predicted octanol–water partition coefficient (Wildman–Crippen LogP) is 3.24. The Morgan fingerprint density at radius 2 is 2.20 bits per heavy atom. The maximum absolute atomic E-state index is 12.3. The van der Waals surface area contributed by atoms with Gasteiger partial charge in [0, 0.05) is 4.88 Å². The Kier molecular flexibility index (Phi) is 5.12. The van der Waals surface area contributed by atoms with Crippen molar-refractivity contribution in [1.29, 1.82) is 5.26 Å². The lowest BCUT2D eigenvalue weighted by molar-refractivity contribution is -0.130. The molecule has 25 heavy (non-hydrogen) atoms. The van der Waals surface area contributed by atoms with Crippen molar-refractivity contribution < 1.29 is 9.59 Å². The summed E-state index contributed by atoms with van der Waals surface area (Å²) in [5, 5.41) is 13.1. The second kappa shape index (κ2) is 7.00. The van der Waals surface area contributed by atoms with E-state index in [1.165, 1.54) is 28.0 Å². The van der Waals surface area contributed by atoms with Crippen LogP contribution in [0, 0.1) is 22.7 Å². The third-order valence-corrected chi connectivity index (χ3v) is 7.13. The maximum atomic E-state index is 12.3. The number of rotatable bonds is 3. The van der Waals surface area contributed by atoms with Crippen LogP contribution in [0.3, 0.4) is 0 Å². The molecule has 7 heteroatoms. The summed E-state index contributed by atoms with van der Waals surface area (Å²) in [6, 6.07) is 2.28. The minimum absolute atomic E-state index is 0.000787. The van der Waals surface area contributed by atoms with Crippen LogP contribution in [0.2, 0.25) is 0 Å². The molecule has 2 heterocycles. The highest BCUT2D eigenvalue weighted by Crippen LogP contribution is 2.43. The van der Waals surface area contributed by atoms with Gasteiger partial charge in [0.1, 0.15) is 17.6 Å². The number of hydrogen-bond donors (Lipinski definition) is 1. The first-order chi connectivity index (χ1) is 11.8. The zero-order chi connectivity index (χ0) is 18.2. The highest BCUT2D eigenvalue weighted by atomic mass is 32.2. The fraction of sp³-hybridized carbons (Fsp3) is 0.611. The highest BCUT2D eigenvalue weighted by Gasteiger charge is 2.32. The Labute approximate surface area is 156 Å². The van der Waals surface area contributed by atoms with Crippen molar-refractivity contribution in [2.45, 2.75) is 40.0 Å². The maximum Gasteiger partial charge on any atom is 0.244 e. The van der Waals surface area contributed by atoms with Crippen molar-refractivity contribution >= 4 is 39.9 Å². The van der Waals surface area contributed by atoms with Gasteiger partial charge in [-0.2, -0.15) is 5.26 Å². The number of carbonyl (C=O) groups is 2. The molecule has 1 aromatic rings. The molecule has 0 unspecified atom stereocenters. The Hall–Kier alpha value is -1.52. The van der Waals surface area contributed by atoms with E-state index in [0.717, 1.165) is 24.8 Å². The standard InChI is InChI=1S/C18H23N3O2S2/c1-18(2,3)11-4-5-12-13(7-19)17(25-14(12)6-11)20-15(22)8-21-10-24-9-16(21)23/h11H,4-6,8-10H2,1-3H3,(H,20,22)/t11-/m0/s1. The van der Waals surface area contributed by atoms with E-state index in [4.69, 9.17) is 0 Å². The smallest absolute Gasteiger partial charge is 0.244 e. The number of amides is 2. The lowest BCUT2D eigenvalue weighted by Gasteiger charge is -2.33. The topological polar surface area (TPSA) is 73.2 Å². The molecule has 2 aliphatic rings. The van der Waals surface area contributed by atoms with Gasteiger partial charge in [0.15, 0.2) is 0 Å². The van der Waals surface area contributed by atoms with E-state index in [1.54, 1.807) is 4.90 Å². The van der Waals surface area contributed by atoms with Crippen LogP contribution >= 0.6 is 23.1 Å². The van der Waals surface area contributed by atoms with Gasteiger partial charge in [0.25, 0.3) is 0 Å². The van der Waals surface area contributed by atoms with Gasteiger partial charge in [0.05, 0.1) is 17.2 Å². The van der Waals surface area contributed by atoms with Gasteiger partial charge < -0.3 is 10.2 Å². The number of hydrogen-bond acceptors (Lipinski definition) is 5. The molecule has 1 N–H and O–H groups in total. The average Bonchev–Trinajstić information content (AvgIpc) is 3.08. The largest absolute Gasteiger partial charge is 0.323 e.